The molecule has 0 bridgehead atoms. The lowest BCUT2D eigenvalue weighted by molar-refractivity contribution is 0.0806. The number of carbonyl (C=O) groups excluding carboxylic acids is 2. The highest BCUT2D eigenvalue weighted by atomic mass is 32.1. The minimum atomic E-state index is 0.0181. The van der Waals surface area contributed by atoms with Gasteiger partial charge in [0.2, 0.25) is 0 Å². The number of Topliss-reactive ketones (excluding diaryl/α,β-unsaturated/α-hetero) is 2. The van der Waals surface area contributed by atoms with Crippen molar-refractivity contribution in [2.24, 2.45) is 5.92 Å². The molecule has 1 fully saturated rings. The highest BCUT2D eigenvalue weighted by Crippen LogP contribution is 2.23. The summed E-state index contributed by atoms with van der Waals surface area (Å²) in [6, 6.07) is 7.44. The van der Waals surface area contributed by atoms with Crippen molar-refractivity contribution in [3.8, 4) is 0 Å². The van der Waals surface area contributed by atoms with Crippen molar-refractivity contribution in [3.05, 3.63) is 52.0 Å². The third-order valence-electron chi connectivity index (χ3n) is 4.20. The third kappa shape index (κ3) is 3.92. The van der Waals surface area contributed by atoms with Gasteiger partial charge < -0.3 is 0 Å². The molecule has 0 amide bonds. The highest BCUT2D eigenvalue weighted by Gasteiger charge is 2.27. The number of ketones is 2. The van der Waals surface area contributed by atoms with Crippen LogP contribution in [0.25, 0.3) is 0 Å². The average Bonchev–Trinajstić information content (AvgIpc) is 3.04. The number of aromatic nitrogens is 1. The molecule has 1 aliphatic heterocycles. The maximum atomic E-state index is 12.6. The molecule has 4 nitrogen and oxygen atoms in total. The zero-order valence-electron chi connectivity index (χ0n) is 13.2. The van der Waals surface area contributed by atoms with Gasteiger partial charge in [0.15, 0.2) is 11.6 Å². The molecule has 0 aromatic carbocycles. The normalized spacial score (nSPS) is 18.7. The van der Waals surface area contributed by atoms with Gasteiger partial charge >= 0.3 is 0 Å². The number of nitrogens with zero attached hydrogens (tertiary/aromatic N) is 2. The van der Waals surface area contributed by atoms with Crippen molar-refractivity contribution in [2.75, 3.05) is 13.1 Å². The number of hydrogen-bond acceptors (Lipinski definition) is 5. The molecule has 0 N–H and O–H groups in total. The molecule has 23 heavy (non-hydrogen) atoms. The van der Waals surface area contributed by atoms with Gasteiger partial charge in [-0.05, 0) is 55.5 Å². The van der Waals surface area contributed by atoms with Crippen molar-refractivity contribution in [1.29, 1.82) is 0 Å². The second-order valence-corrected chi connectivity index (χ2v) is 6.94. The van der Waals surface area contributed by atoms with E-state index in [9.17, 15) is 9.59 Å². The Morgan fingerprint density at radius 3 is 2.96 bits per heavy atom. The summed E-state index contributed by atoms with van der Waals surface area (Å²) in [5.74, 6) is 0.276. The Morgan fingerprint density at radius 1 is 1.39 bits per heavy atom. The molecule has 2 aromatic rings. The summed E-state index contributed by atoms with van der Waals surface area (Å²) in [6.45, 7) is 4.16. The Kier molecular flexibility index (Phi) is 4.98. The minimum Gasteiger partial charge on any atom is -0.298 e. The summed E-state index contributed by atoms with van der Waals surface area (Å²) in [7, 11) is 0. The largest absolute Gasteiger partial charge is 0.298 e. The maximum absolute atomic E-state index is 12.6. The highest BCUT2D eigenvalue weighted by molar-refractivity contribution is 7.12. The number of hydrogen-bond donors (Lipinski definition) is 0. The Hall–Kier alpha value is -1.85. The fourth-order valence-electron chi connectivity index (χ4n) is 3.03. The van der Waals surface area contributed by atoms with Crippen molar-refractivity contribution >= 4 is 22.9 Å². The van der Waals surface area contributed by atoms with Crippen LogP contribution < -0.4 is 0 Å². The van der Waals surface area contributed by atoms with E-state index in [0.717, 1.165) is 42.9 Å². The topological polar surface area (TPSA) is 50.3 Å². The first kappa shape index (κ1) is 16.0. The number of piperidine rings is 1. The van der Waals surface area contributed by atoms with Gasteiger partial charge in [-0.3, -0.25) is 19.5 Å². The predicted octanol–water partition coefficient (Wildman–Crippen LogP) is 3.44. The summed E-state index contributed by atoms with van der Waals surface area (Å²) in [5.41, 5.74) is 1.72. The number of thiophene rings is 1. The van der Waals surface area contributed by atoms with E-state index in [1.165, 1.54) is 11.3 Å². The van der Waals surface area contributed by atoms with Gasteiger partial charge in [-0.25, -0.2) is 0 Å². The van der Waals surface area contributed by atoms with Crippen LogP contribution in [0.5, 0.6) is 0 Å². The van der Waals surface area contributed by atoms with Crippen molar-refractivity contribution in [1.82, 2.24) is 9.88 Å². The fraction of sp³-hybridized carbons (Fsp3) is 0.389. The molecule has 1 atom stereocenters. The van der Waals surface area contributed by atoms with E-state index in [1.807, 2.05) is 23.6 Å². The van der Waals surface area contributed by atoms with E-state index in [-0.39, 0.29) is 17.5 Å². The zero-order chi connectivity index (χ0) is 16.2. The van der Waals surface area contributed by atoms with Crippen LogP contribution >= 0.6 is 11.3 Å². The lowest BCUT2D eigenvalue weighted by Crippen LogP contribution is -2.38. The van der Waals surface area contributed by atoms with Gasteiger partial charge in [-0.2, -0.15) is 0 Å². The molecule has 2 aromatic heterocycles. The summed E-state index contributed by atoms with van der Waals surface area (Å²) in [4.78, 5) is 31.2. The van der Waals surface area contributed by atoms with Crippen LogP contribution in [0.3, 0.4) is 0 Å². The van der Waals surface area contributed by atoms with Gasteiger partial charge in [0.05, 0.1) is 4.88 Å². The van der Waals surface area contributed by atoms with E-state index >= 15 is 0 Å². The fourth-order valence-corrected chi connectivity index (χ4v) is 3.84. The van der Waals surface area contributed by atoms with E-state index in [2.05, 4.69) is 9.88 Å². The first-order valence-corrected chi connectivity index (χ1v) is 8.77. The molecule has 0 aliphatic carbocycles. The van der Waals surface area contributed by atoms with Gasteiger partial charge in [-0.1, -0.05) is 6.07 Å². The van der Waals surface area contributed by atoms with Crippen LogP contribution in [0.2, 0.25) is 0 Å². The molecule has 0 spiro atoms. The smallest absolute Gasteiger partial charge is 0.185 e. The first-order valence-electron chi connectivity index (χ1n) is 7.89. The number of likely N-dealkylation sites (tertiary alicyclic amines) is 1. The van der Waals surface area contributed by atoms with Gasteiger partial charge in [0.1, 0.15) is 5.69 Å². The summed E-state index contributed by atoms with van der Waals surface area (Å²) in [5, 5.41) is 2.04. The Labute approximate surface area is 140 Å². The van der Waals surface area contributed by atoms with E-state index in [4.69, 9.17) is 0 Å². The first-order chi connectivity index (χ1) is 11.1. The van der Waals surface area contributed by atoms with Crippen molar-refractivity contribution in [3.63, 3.8) is 0 Å². The van der Waals surface area contributed by atoms with Gasteiger partial charge in [0.25, 0.3) is 0 Å². The molecule has 1 aliphatic rings. The minimum absolute atomic E-state index is 0.0181. The molecule has 3 heterocycles. The molecular formula is C18H20N2O2S. The second kappa shape index (κ2) is 7.15. The van der Waals surface area contributed by atoms with Crippen LogP contribution in [0.15, 0.2) is 35.8 Å². The molecule has 0 radical (unpaired) electrons. The standard InChI is InChI=1S/C18H20N2O2S/c1-13(21)17-9-14(12-23-17)10-20-8-4-5-15(11-20)18(22)16-6-2-3-7-19-16/h2-3,6-7,9,12,15H,4-5,8,10-11H2,1H3/t15-/m1/s1. The van der Waals surface area contributed by atoms with E-state index < -0.39 is 0 Å². The summed E-state index contributed by atoms with van der Waals surface area (Å²) < 4.78 is 0. The van der Waals surface area contributed by atoms with Crippen LogP contribution in [-0.4, -0.2) is 34.5 Å². The molecule has 5 heteroatoms. The van der Waals surface area contributed by atoms with Gasteiger partial charge in [-0.15, -0.1) is 11.3 Å². The second-order valence-electron chi connectivity index (χ2n) is 6.03. The third-order valence-corrected chi connectivity index (χ3v) is 5.28. The van der Waals surface area contributed by atoms with Crippen LogP contribution in [0.1, 0.15) is 45.5 Å². The number of pyridine rings is 1. The Morgan fingerprint density at radius 2 is 2.26 bits per heavy atom. The number of carbonyl (C=O) groups is 2. The zero-order valence-corrected chi connectivity index (χ0v) is 14.0. The van der Waals surface area contributed by atoms with Crippen LogP contribution in [-0.2, 0) is 6.54 Å². The van der Waals surface area contributed by atoms with Crippen LogP contribution in [0.4, 0.5) is 0 Å². The molecule has 120 valence electrons. The Balaban J connectivity index is 1.63. The predicted molar refractivity (Wildman–Crippen MR) is 90.9 cm³/mol. The monoisotopic (exact) mass is 328 g/mol. The molecule has 1 saturated heterocycles. The van der Waals surface area contributed by atoms with Crippen LogP contribution in [0, 0.1) is 5.92 Å². The summed E-state index contributed by atoms with van der Waals surface area (Å²) in [6.07, 6.45) is 3.61. The molecular weight excluding hydrogens is 308 g/mol. The molecule has 0 saturated carbocycles. The molecule has 3 rings (SSSR count). The van der Waals surface area contributed by atoms with E-state index in [1.54, 1.807) is 19.2 Å². The lowest BCUT2D eigenvalue weighted by atomic mass is 9.91. The lowest BCUT2D eigenvalue weighted by Gasteiger charge is -2.31. The Bertz CT molecular complexity index is 696. The van der Waals surface area contributed by atoms with Gasteiger partial charge in [0, 0.05) is 25.2 Å². The van der Waals surface area contributed by atoms with Crippen molar-refractivity contribution in [2.45, 2.75) is 26.3 Å². The number of rotatable bonds is 5. The molecule has 0 unspecified atom stereocenters. The van der Waals surface area contributed by atoms with E-state index in [0.29, 0.717) is 5.69 Å². The SMILES string of the molecule is CC(=O)c1cc(CN2CCC[C@@H](C(=O)c3ccccn3)C2)cs1. The quantitative estimate of drug-likeness (QED) is 0.789. The van der Waals surface area contributed by atoms with Crippen molar-refractivity contribution < 1.29 is 9.59 Å². The summed E-state index contributed by atoms with van der Waals surface area (Å²) >= 11 is 1.50. The average molecular weight is 328 g/mol. The maximum Gasteiger partial charge on any atom is 0.185 e.